The second-order valence-electron chi connectivity index (χ2n) is 8.35. The van der Waals surface area contributed by atoms with Crippen molar-refractivity contribution in [1.82, 2.24) is 0 Å². The second-order valence-corrected chi connectivity index (χ2v) is 8.78. The number of carbonyl (C=O) groups excluding carboxylic acids is 2. The smallest absolute Gasteiger partial charge is 0.238 e. The molecule has 1 saturated heterocycles. The number of anilines is 1. The predicted molar refractivity (Wildman–Crippen MR) is 112 cm³/mol. The molecule has 1 heterocycles. The van der Waals surface area contributed by atoms with Gasteiger partial charge in [0.15, 0.2) is 0 Å². The Morgan fingerprint density at radius 2 is 1.34 bits per heavy atom. The van der Waals surface area contributed by atoms with Crippen LogP contribution in [0.2, 0.25) is 5.02 Å². The summed E-state index contributed by atoms with van der Waals surface area (Å²) >= 11 is 6.02. The molecule has 0 aromatic heterocycles. The van der Waals surface area contributed by atoms with E-state index in [9.17, 15) is 9.59 Å². The molecule has 2 amide bonds. The third-order valence-corrected chi connectivity index (χ3v) is 7.38. The highest BCUT2D eigenvalue weighted by molar-refractivity contribution is 6.31. The Bertz CT molecular complexity index is 1150. The summed E-state index contributed by atoms with van der Waals surface area (Å²) in [6.45, 7) is 2.13. The molecule has 29 heavy (non-hydrogen) atoms. The van der Waals surface area contributed by atoms with Gasteiger partial charge < -0.3 is 0 Å². The van der Waals surface area contributed by atoms with Crippen LogP contribution in [0.1, 0.15) is 35.1 Å². The van der Waals surface area contributed by atoms with E-state index >= 15 is 0 Å². The van der Waals surface area contributed by atoms with Crippen LogP contribution in [0.15, 0.2) is 72.8 Å². The van der Waals surface area contributed by atoms with Crippen molar-refractivity contribution < 1.29 is 9.59 Å². The molecule has 2 atom stereocenters. The molecule has 3 nitrogen and oxygen atoms in total. The van der Waals surface area contributed by atoms with Crippen LogP contribution in [0.4, 0.5) is 5.69 Å². The van der Waals surface area contributed by atoms with Gasteiger partial charge in [0, 0.05) is 16.4 Å². The van der Waals surface area contributed by atoms with Gasteiger partial charge in [0.1, 0.15) is 0 Å². The van der Waals surface area contributed by atoms with Gasteiger partial charge in [0.2, 0.25) is 11.8 Å². The summed E-state index contributed by atoms with van der Waals surface area (Å²) in [6, 6.07) is 23.5. The molecule has 7 rings (SSSR count). The number of rotatable bonds is 1. The van der Waals surface area contributed by atoms with Crippen molar-refractivity contribution in [2.45, 2.75) is 18.3 Å². The minimum Gasteiger partial charge on any atom is -0.274 e. The Labute approximate surface area is 173 Å². The van der Waals surface area contributed by atoms with Gasteiger partial charge in [0.25, 0.3) is 0 Å². The number of carbonyl (C=O) groups is 2. The lowest BCUT2D eigenvalue weighted by molar-refractivity contribution is -0.123. The molecule has 0 N–H and O–H groups in total. The summed E-state index contributed by atoms with van der Waals surface area (Å²) in [5, 5.41) is 0.581. The van der Waals surface area contributed by atoms with Gasteiger partial charge in [0.05, 0.1) is 17.5 Å². The molecule has 142 valence electrons. The number of amides is 2. The Balaban J connectivity index is 1.61. The first-order valence-electron chi connectivity index (χ1n) is 9.85. The Kier molecular flexibility index (Phi) is 3.27. The molecule has 3 aromatic carbocycles. The number of imide groups is 1. The third kappa shape index (κ3) is 1.94. The van der Waals surface area contributed by atoms with Crippen LogP contribution in [-0.2, 0) is 15.0 Å². The van der Waals surface area contributed by atoms with Crippen LogP contribution in [0.3, 0.4) is 0 Å². The zero-order chi connectivity index (χ0) is 19.9. The molecular weight excluding hydrogens is 382 g/mol. The highest BCUT2D eigenvalue weighted by atomic mass is 35.5. The maximum Gasteiger partial charge on any atom is 0.238 e. The Morgan fingerprint density at radius 1 is 0.793 bits per heavy atom. The fourth-order valence-electron chi connectivity index (χ4n) is 6.00. The van der Waals surface area contributed by atoms with E-state index in [1.165, 1.54) is 27.2 Å². The number of nitrogens with zero attached hydrogens (tertiary/aromatic N) is 1. The number of halogens is 1. The van der Waals surface area contributed by atoms with Gasteiger partial charge in [-0.05, 0) is 46.5 Å². The molecule has 0 radical (unpaired) electrons. The summed E-state index contributed by atoms with van der Waals surface area (Å²) in [5.41, 5.74) is 4.76. The number of benzene rings is 3. The van der Waals surface area contributed by atoms with Crippen LogP contribution in [0.5, 0.6) is 0 Å². The zero-order valence-electron chi connectivity index (χ0n) is 15.8. The summed E-state index contributed by atoms with van der Waals surface area (Å²) in [4.78, 5) is 28.8. The molecule has 0 spiro atoms. The summed E-state index contributed by atoms with van der Waals surface area (Å²) in [6.07, 6.45) is 0. The number of hydrogen-bond acceptors (Lipinski definition) is 2. The molecule has 4 aliphatic rings. The van der Waals surface area contributed by atoms with Crippen molar-refractivity contribution in [2.24, 2.45) is 11.8 Å². The number of hydrogen-bond donors (Lipinski definition) is 0. The average Bonchev–Trinajstić information content (AvgIpc) is 3.01. The van der Waals surface area contributed by atoms with E-state index in [1.807, 2.05) is 24.3 Å². The zero-order valence-corrected chi connectivity index (χ0v) is 16.6. The van der Waals surface area contributed by atoms with E-state index in [2.05, 4.69) is 31.2 Å². The fourth-order valence-corrected chi connectivity index (χ4v) is 6.12. The van der Waals surface area contributed by atoms with E-state index in [-0.39, 0.29) is 23.7 Å². The van der Waals surface area contributed by atoms with Crippen molar-refractivity contribution in [3.63, 3.8) is 0 Å². The largest absolute Gasteiger partial charge is 0.274 e. The van der Waals surface area contributed by atoms with Crippen LogP contribution in [0.25, 0.3) is 0 Å². The van der Waals surface area contributed by atoms with Crippen molar-refractivity contribution >= 4 is 29.1 Å². The SMILES string of the molecule is CC12c3ccccc3C(c3ccccc31)[C@@H]1C(=O)N(c3ccc(Cl)cc3)C(=O)[C@H]12. The van der Waals surface area contributed by atoms with Gasteiger partial charge in [-0.1, -0.05) is 67.1 Å². The van der Waals surface area contributed by atoms with Gasteiger partial charge in [-0.2, -0.15) is 0 Å². The van der Waals surface area contributed by atoms with Crippen LogP contribution in [0, 0.1) is 11.8 Å². The molecule has 4 heteroatoms. The molecule has 1 aliphatic heterocycles. The van der Waals surface area contributed by atoms with E-state index in [4.69, 9.17) is 11.6 Å². The lowest BCUT2D eigenvalue weighted by Gasteiger charge is -2.52. The van der Waals surface area contributed by atoms with Crippen molar-refractivity contribution in [3.8, 4) is 0 Å². The first-order valence-corrected chi connectivity index (χ1v) is 10.2. The van der Waals surface area contributed by atoms with Crippen LogP contribution in [-0.4, -0.2) is 11.8 Å². The fraction of sp³-hybridized carbons (Fsp3) is 0.200. The molecule has 3 aliphatic carbocycles. The molecule has 3 aromatic rings. The van der Waals surface area contributed by atoms with E-state index in [1.54, 1.807) is 24.3 Å². The van der Waals surface area contributed by atoms with Crippen LogP contribution < -0.4 is 4.90 Å². The van der Waals surface area contributed by atoms with Gasteiger partial charge in [-0.3, -0.25) is 9.59 Å². The van der Waals surface area contributed by atoms with Gasteiger partial charge in [-0.15, -0.1) is 0 Å². The third-order valence-electron chi connectivity index (χ3n) is 7.13. The predicted octanol–water partition coefficient (Wildman–Crippen LogP) is 4.91. The standard InChI is InChI=1S/C25H18ClNO2/c1-25-18-8-4-2-6-16(18)20(17-7-3-5-9-19(17)25)21-22(25)24(29)27(23(21)28)15-12-10-14(26)11-13-15/h2-13,20-22H,1H3/t20?,21-,22-,25?/m0/s1. The highest BCUT2D eigenvalue weighted by Crippen LogP contribution is 2.64. The van der Waals surface area contributed by atoms with E-state index < -0.39 is 11.3 Å². The molecular formula is C25H18ClNO2. The summed E-state index contributed by atoms with van der Waals surface area (Å²) in [5.74, 6) is -1.10. The first kappa shape index (κ1) is 17.0. The maximum atomic E-state index is 13.7. The Hall–Kier alpha value is -2.91. The molecule has 0 saturated carbocycles. The topological polar surface area (TPSA) is 37.4 Å². The lowest BCUT2D eigenvalue weighted by atomic mass is 9.48. The summed E-state index contributed by atoms with van der Waals surface area (Å²) < 4.78 is 0. The minimum absolute atomic E-state index is 0.0945. The van der Waals surface area contributed by atoms with Crippen LogP contribution >= 0.6 is 11.6 Å². The summed E-state index contributed by atoms with van der Waals surface area (Å²) in [7, 11) is 0. The Morgan fingerprint density at radius 3 is 1.93 bits per heavy atom. The molecule has 2 bridgehead atoms. The average molecular weight is 400 g/mol. The normalized spacial score (nSPS) is 28.9. The first-order chi connectivity index (χ1) is 14.0. The van der Waals surface area contributed by atoms with Gasteiger partial charge in [-0.25, -0.2) is 4.90 Å². The van der Waals surface area contributed by atoms with Gasteiger partial charge >= 0.3 is 0 Å². The quantitative estimate of drug-likeness (QED) is 0.545. The lowest BCUT2D eigenvalue weighted by Crippen LogP contribution is -2.51. The monoisotopic (exact) mass is 399 g/mol. The van der Waals surface area contributed by atoms with Crippen molar-refractivity contribution in [3.05, 3.63) is 100 Å². The van der Waals surface area contributed by atoms with E-state index in [0.29, 0.717) is 10.7 Å². The second kappa shape index (κ2) is 5.58. The molecule has 0 unspecified atom stereocenters. The minimum atomic E-state index is -0.527. The van der Waals surface area contributed by atoms with Crippen molar-refractivity contribution in [2.75, 3.05) is 4.90 Å². The van der Waals surface area contributed by atoms with E-state index in [0.717, 1.165) is 0 Å². The highest BCUT2D eigenvalue weighted by Gasteiger charge is 2.66. The van der Waals surface area contributed by atoms with Crippen molar-refractivity contribution in [1.29, 1.82) is 0 Å². The maximum absolute atomic E-state index is 13.7. The molecule has 1 fully saturated rings.